The van der Waals surface area contributed by atoms with Crippen LogP contribution >= 0.6 is 0 Å². The Labute approximate surface area is 607 Å². The molecule has 0 fully saturated rings. The first-order chi connectivity index (χ1) is 50.1. The molecule has 1 unspecified atom stereocenters. The minimum absolute atomic E-state index is 0.0993. The number of nitro groups is 2. The van der Waals surface area contributed by atoms with Crippen molar-refractivity contribution in [2.24, 2.45) is 17.0 Å². The standard InChI is InChI=1S/C90H115N6O6/c1-5-9-13-17-21-25-29-33-37-41-45-65(46-42-38-34-30-26-22-18-14-10-6-2)49-51-67-61-76-77(63-80(67)95(99)100)92-94-79-60-59-72-70-55-58-75-85-74(57-54-69(83(70)85)71-53-56-73(86(79)84(71)72)88(97)87(76)94)89-91-78-64-81(96(101)102)68(62-82(78)93(89)90(75)98)52-50-66(47-43-39-35-31-27-23-19-15-11-7-3)48-44-40-36-32-28-24-20-16-12-8-4/h53-66,87H,5-48H2,1-4H3/q+1. The van der Waals surface area contributed by atoms with Gasteiger partial charge in [0.25, 0.3) is 23.0 Å². The van der Waals surface area contributed by atoms with Crippen LogP contribution in [0.15, 0.2) is 82.7 Å². The average molecular weight is 1380 g/mol. The lowest BCUT2D eigenvalue weighted by Gasteiger charge is -2.21. The van der Waals surface area contributed by atoms with Gasteiger partial charge in [-0.1, -0.05) is 331 Å². The Morgan fingerprint density at radius 2 is 0.794 bits per heavy atom. The van der Waals surface area contributed by atoms with Crippen molar-refractivity contribution in [1.29, 1.82) is 0 Å². The highest BCUT2D eigenvalue weighted by Gasteiger charge is 2.49. The third-order valence-corrected chi connectivity index (χ3v) is 22.8. The summed E-state index contributed by atoms with van der Waals surface area (Å²) in [5.74, 6) is 13.9. The van der Waals surface area contributed by atoms with E-state index in [1.165, 1.54) is 243 Å². The van der Waals surface area contributed by atoms with E-state index in [2.05, 4.69) is 63.5 Å². The minimum Gasteiger partial charge on any atom is -0.286 e. The maximum absolute atomic E-state index is 15.3. The number of aromatic nitrogens is 2. The second-order valence-corrected chi connectivity index (χ2v) is 30.5. The van der Waals surface area contributed by atoms with Crippen LogP contribution in [0.2, 0.25) is 0 Å². The number of imidazole rings is 1. The zero-order chi connectivity index (χ0) is 71.2. The number of benzene rings is 7. The first-order valence-electron chi connectivity index (χ1n) is 40.9. The van der Waals surface area contributed by atoms with Crippen LogP contribution < -0.4 is 5.56 Å². The predicted octanol–water partition coefficient (Wildman–Crippen LogP) is 27.2. The summed E-state index contributed by atoms with van der Waals surface area (Å²) in [5.41, 5.74) is 3.74. The van der Waals surface area contributed by atoms with E-state index in [4.69, 9.17) is 10.1 Å². The molecule has 2 aromatic heterocycles. The molecule has 0 N–H and O–H groups in total. The number of ketones is 1. The smallest absolute Gasteiger partial charge is 0.286 e. The van der Waals surface area contributed by atoms with E-state index >= 15 is 9.59 Å². The third-order valence-electron chi connectivity index (χ3n) is 22.8. The van der Waals surface area contributed by atoms with Crippen LogP contribution in [0.25, 0.3) is 70.5 Å². The van der Waals surface area contributed by atoms with Gasteiger partial charge in [0.05, 0.1) is 31.8 Å². The van der Waals surface area contributed by atoms with Gasteiger partial charge in [-0.05, 0) is 89.0 Å². The molecule has 0 bridgehead atoms. The maximum Gasteiger partial charge on any atom is 0.287 e. The summed E-state index contributed by atoms with van der Waals surface area (Å²) in [6.45, 7) is 9.05. The molecule has 1 atom stereocenters. The Bertz CT molecular complexity index is 4490. The largest absolute Gasteiger partial charge is 0.287 e. The monoisotopic (exact) mass is 1380 g/mol. The molecule has 12 nitrogen and oxygen atoms in total. The summed E-state index contributed by atoms with van der Waals surface area (Å²) >= 11 is 0. The number of hydrogen-bond acceptors (Lipinski definition) is 8. The Balaban J connectivity index is 0.860. The molecule has 0 spiro atoms. The van der Waals surface area contributed by atoms with Gasteiger partial charge in [0.2, 0.25) is 11.5 Å². The normalized spacial score (nSPS) is 13.5. The second-order valence-electron chi connectivity index (χ2n) is 30.5. The molecule has 0 amide bonds. The molecule has 0 saturated heterocycles. The average Bonchev–Trinajstić information content (AvgIpc) is 1.11. The molecule has 7 aromatic carbocycles. The molecular weight excluding hydrogens is 1260 g/mol. The van der Waals surface area contributed by atoms with Gasteiger partial charge in [-0.25, -0.2) is 4.98 Å². The van der Waals surface area contributed by atoms with Gasteiger partial charge in [-0.15, -0.1) is 0 Å². The number of nitro benzene ring substituents is 2. The lowest BCUT2D eigenvalue weighted by atomic mass is 9.82. The van der Waals surface area contributed by atoms with Crippen LogP contribution in [0.3, 0.4) is 0 Å². The fourth-order valence-corrected chi connectivity index (χ4v) is 17.0. The fourth-order valence-electron chi connectivity index (χ4n) is 17.0. The van der Waals surface area contributed by atoms with Gasteiger partial charge in [0, 0.05) is 62.3 Å². The molecule has 12 heteroatoms. The van der Waals surface area contributed by atoms with E-state index in [0.717, 1.165) is 106 Å². The van der Waals surface area contributed by atoms with Crippen LogP contribution in [0.4, 0.5) is 22.7 Å². The quantitative estimate of drug-likeness (QED) is 0.00700. The van der Waals surface area contributed by atoms with Crippen LogP contribution in [0, 0.1) is 55.7 Å². The first-order valence-corrected chi connectivity index (χ1v) is 40.9. The van der Waals surface area contributed by atoms with Crippen LogP contribution in [0.5, 0.6) is 0 Å². The molecule has 4 heterocycles. The van der Waals surface area contributed by atoms with E-state index in [1.54, 1.807) is 21.2 Å². The summed E-state index contributed by atoms with van der Waals surface area (Å²) in [6.07, 6.45) is 54.4. The van der Waals surface area contributed by atoms with Crippen LogP contribution in [-0.4, -0.2) is 29.7 Å². The summed E-state index contributed by atoms with van der Waals surface area (Å²) in [7, 11) is 0. The topological polar surface area (TPSA) is 153 Å². The highest BCUT2D eigenvalue weighted by Crippen LogP contribution is 2.53. The Hall–Kier alpha value is -7.83. The van der Waals surface area contributed by atoms with Crippen molar-refractivity contribution in [1.82, 2.24) is 9.38 Å². The summed E-state index contributed by atoms with van der Waals surface area (Å²) in [5, 5.41) is 39.2. The van der Waals surface area contributed by atoms with E-state index in [9.17, 15) is 20.2 Å². The molecule has 0 saturated carbocycles. The number of pyridine rings is 1. The lowest BCUT2D eigenvalue weighted by Crippen LogP contribution is -2.24. The van der Waals surface area contributed by atoms with E-state index in [0.29, 0.717) is 50.0 Å². The maximum atomic E-state index is 15.3. The van der Waals surface area contributed by atoms with Crippen molar-refractivity contribution in [3.63, 3.8) is 0 Å². The first kappa shape index (κ1) is 75.3. The van der Waals surface area contributed by atoms with Crippen LogP contribution in [-0.2, 0) is 0 Å². The Morgan fingerprint density at radius 3 is 1.24 bits per heavy atom. The second kappa shape index (κ2) is 38.1. The SMILES string of the molecule is CCCCCCCCCCCCC(C#Cc1cc2c(cc1[N+](=O)[O-])N=[N+]1c3ccc4c5ccc6c(=O)n7c8cc(C#CC(CCCCCCCCCCCC)CCCCCCCCCCCC)c([N+](=O)[O-])cc8nc7c7ccc(c8ccc(c3c48)C(=O)C21)c5c67)CCCCCCCCCCCC. The van der Waals surface area contributed by atoms with E-state index < -0.39 is 6.04 Å². The molecule has 2 aliphatic heterocycles. The van der Waals surface area contributed by atoms with E-state index in [-0.39, 0.29) is 44.4 Å². The van der Waals surface area contributed by atoms with Crippen molar-refractivity contribution >= 4 is 99.1 Å². The van der Waals surface area contributed by atoms with Crippen molar-refractivity contribution in [2.45, 2.75) is 316 Å². The molecule has 0 radical (unpaired) electrons. The molecule has 0 aliphatic carbocycles. The fraction of sp³-hybridized carbons (Fsp3) is 0.567. The zero-order valence-corrected chi connectivity index (χ0v) is 62.4. The van der Waals surface area contributed by atoms with Crippen molar-refractivity contribution in [3.8, 4) is 23.7 Å². The third kappa shape index (κ3) is 18.0. The lowest BCUT2D eigenvalue weighted by molar-refractivity contribution is -0.530. The summed E-state index contributed by atoms with van der Waals surface area (Å²) < 4.78 is 3.39. The number of nitrogens with zero attached hydrogens (tertiary/aromatic N) is 6. The van der Waals surface area contributed by atoms with Gasteiger partial charge in [0.1, 0.15) is 22.5 Å². The number of carbonyl (C=O) groups is 1. The van der Waals surface area contributed by atoms with Crippen molar-refractivity contribution < 1.29 is 19.3 Å². The zero-order valence-electron chi connectivity index (χ0n) is 62.4. The Kier molecular flexibility index (Phi) is 28.1. The van der Waals surface area contributed by atoms with Crippen molar-refractivity contribution in [3.05, 3.63) is 126 Å². The van der Waals surface area contributed by atoms with Gasteiger partial charge in [-0.3, -0.25) is 34.2 Å². The predicted molar refractivity (Wildman–Crippen MR) is 424 cm³/mol. The number of rotatable bonds is 46. The molecule has 9 aromatic rings. The number of fused-ring (bicyclic) bond motifs is 10. The van der Waals surface area contributed by atoms with Crippen LogP contribution in [0.1, 0.15) is 343 Å². The summed E-state index contributed by atoms with van der Waals surface area (Å²) in [4.78, 5) is 60.9. The van der Waals surface area contributed by atoms with E-state index in [1.807, 2.05) is 36.4 Å². The number of carbonyl (C=O) groups excluding carboxylic acids is 1. The van der Waals surface area contributed by atoms with Gasteiger partial charge in [0.15, 0.2) is 0 Å². The number of azo groups is 2. The number of hydrogen-bond donors (Lipinski definition) is 0. The molecular formula is C90H115N6O6+. The Morgan fingerprint density at radius 1 is 0.431 bits per heavy atom. The van der Waals surface area contributed by atoms with Gasteiger partial charge < -0.3 is 0 Å². The van der Waals surface area contributed by atoms with Crippen molar-refractivity contribution in [2.75, 3.05) is 0 Å². The minimum atomic E-state index is -0.824. The molecule has 102 heavy (non-hydrogen) atoms. The molecule has 2 aliphatic rings. The summed E-state index contributed by atoms with van der Waals surface area (Å²) in [6, 6.07) is 21.7. The van der Waals surface area contributed by atoms with Gasteiger partial charge in [-0.2, -0.15) is 0 Å². The highest BCUT2D eigenvalue weighted by molar-refractivity contribution is 6.39. The highest BCUT2D eigenvalue weighted by atomic mass is 16.6. The van der Waals surface area contributed by atoms with Gasteiger partial charge >= 0.3 is 0 Å². The molecule has 540 valence electrons. The number of unbranched alkanes of at least 4 members (excludes halogenated alkanes) is 36. The number of Topliss-reactive ketones (excluding diaryl/α,β-unsaturated/α-hetero) is 1. The molecule has 11 rings (SSSR count).